The second-order valence-corrected chi connectivity index (χ2v) is 4.93. The molecule has 2 nitrogen and oxygen atoms in total. The molecule has 0 spiro atoms. The van der Waals surface area contributed by atoms with Crippen molar-refractivity contribution >= 4 is 5.97 Å². The number of aliphatic carboxylic acids is 1. The van der Waals surface area contributed by atoms with Crippen molar-refractivity contribution in [2.75, 3.05) is 0 Å². The number of benzene rings is 1. The van der Waals surface area contributed by atoms with Crippen LogP contribution < -0.4 is 0 Å². The zero-order chi connectivity index (χ0) is 11.6. The molecule has 0 saturated carbocycles. The molecule has 0 aromatic heterocycles. The van der Waals surface area contributed by atoms with Crippen LogP contribution in [0.5, 0.6) is 0 Å². The van der Waals surface area contributed by atoms with Gasteiger partial charge < -0.3 is 5.11 Å². The van der Waals surface area contributed by atoms with Crippen LogP contribution >= 0.6 is 0 Å². The van der Waals surface area contributed by atoms with E-state index < -0.39 is 11.9 Å². The molecule has 0 fully saturated rings. The Morgan fingerprint density at radius 3 is 2.00 bits per heavy atom. The van der Waals surface area contributed by atoms with Crippen molar-refractivity contribution in [3.63, 3.8) is 0 Å². The molecule has 0 saturated heterocycles. The summed E-state index contributed by atoms with van der Waals surface area (Å²) < 4.78 is 0. The Hall–Kier alpha value is -1.31. The van der Waals surface area contributed by atoms with Gasteiger partial charge in [-0.05, 0) is 23.5 Å². The molecular formula is C13H18O2. The second kappa shape index (κ2) is 4.05. The molecular weight excluding hydrogens is 188 g/mol. The van der Waals surface area contributed by atoms with Gasteiger partial charge in [0.2, 0.25) is 0 Å². The minimum atomic E-state index is -0.779. The molecule has 0 radical (unpaired) electrons. The Labute approximate surface area is 90.9 Å². The average molecular weight is 206 g/mol. The highest BCUT2D eigenvalue weighted by atomic mass is 16.4. The fraction of sp³-hybridized carbons (Fsp3) is 0.462. The van der Waals surface area contributed by atoms with E-state index in [1.807, 2.05) is 24.3 Å². The van der Waals surface area contributed by atoms with Crippen LogP contribution in [-0.4, -0.2) is 11.1 Å². The smallest absolute Gasteiger partial charge is 0.310 e. The summed E-state index contributed by atoms with van der Waals surface area (Å²) in [6, 6.07) is 7.82. The van der Waals surface area contributed by atoms with Gasteiger partial charge in [0.15, 0.2) is 0 Å². The van der Waals surface area contributed by atoms with Crippen molar-refractivity contribution in [3.8, 4) is 0 Å². The molecule has 1 aromatic carbocycles. The van der Waals surface area contributed by atoms with Crippen LogP contribution in [0.3, 0.4) is 0 Å². The molecule has 1 unspecified atom stereocenters. The second-order valence-electron chi connectivity index (χ2n) is 4.93. The molecule has 1 aromatic rings. The third kappa shape index (κ3) is 2.82. The quantitative estimate of drug-likeness (QED) is 0.807. The van der Waals surface area contributed by atoms with Crippen molar-refractivity contribution in [2.45, 2.75) is 39.0 Å². The van der Waals surface area contributed by atoms with Crippen LogP contribution in [0, 0.1) is 0 Å². The van der Waals surface area contributed by atoms with E-state index in [0.717, 1.165) is 5.56 Å². The lowest BCUT2D eigenvalue weighted by Crippen LogP contribution is -2.12. The summed E-state index contributed by atoms with van der Waals surface area (Å²) in [7, 11) is 0. The molecule has 1 atom stereocenters. The van der Waals surface area contributed by atoms with Crippen molar-refractivity contribution < 1.29 is 9.90 Å². The third-order valence-corrected chi connectivity index (χ3v) is 2.65. The lowest BCUT2D eigenvalue weighted by Gasteiger charge is -2.19. The van der Waals surface area contributed by atoms with Gasteiger partial charge in [-0.1, -0.05) is 45.0 Å². The summed E-state index contributed by atoms with van der Waals surface area (Å²) in [5.74, 6) is -1.21. The lowest BCUT2D eigenvalue weighted by atomic mass is 9.86. The molecule has 0 aliphatic carbocycles. The lowest BCUT2D eigenvalue weighted by molar-refractivity contribution is -0.138. The normalized spacial score (nSPS) is 13.6. The summed E-state index contributed by atoms with van der Waals surface area (Å²) in [6.45, 7) is 8.13. The van der Waals surface area contributed by atoms with Crippen molar-refractivity contribution in [1.82, 2.24) is 0 Å². The summed E-state index contributed by atoms with van der Waals surface area (Å²) in [4.78, 5) is 10.8. The van der Waals surface area contributed by atoms with Gasteiger partial charge in [0, 0.05) is 0 Å². The number of hydrogen-bond acceptors (Lipinski definition) is 1. The average Bonchev–Trinajstić information content (AvgIpc) is 2.15. The van der Waals surface area contributed by atoms with E-state index in [-0.39, 0.29) is 5.41 Å². The summed E-state index contributed by atoms with van der Waals surface area (Å²) in [5.41, 5.74) is 2.20. The first kappa shape index (κ1) is 11.8. The number of carboxylic acids is 1. The first-order chi connectivity index (χ1) is 6.82. The topological polar surface area (TPSA) is 37.3 Å². The minimum absolute atomic E-state index is 0.116. The third-order valence-electron chi connectivity index (χ3n) is 2.65. The van der Waals surface area contributed by atoms with Gasteiger partial charge in [0.1, 0.15) is 0 Å². The Bertz CT molecular complexity index is 344. The number of hydrogen-bond donors (Lipinski definition) is 1. The molecule has 82 valence electrons. The van der Waals surface area contributed by atoms with E-state index >= 15 is 0 Å². The monoisotopic (exact) mass is 206 g/mol. The van der Waals surface area contributed by atoms with Crippen LogP contribution in [0.25, 0.3) is 0 Å². The summed E-state index contributed by atoms with van der Waals surface area (Å²) in [5, 5.41) is 8.86. The minimum Gasteiger partial charge on any atom is -0.481 e. The van der Waals surface area contributed by atoms with Crippen LogP contribution in [-0.2, 0) is 10.2 Å². The highest BCUT2D eigenvalue weighted by molar-refractivity contribution is 5.75. The highest BCUT2D eigenvalue weighted by Gasteiger charge is 2.16. The molecule has 1 N–H and O–H groups in total. The van der Waals surface area contributed by atoms with Crippen LogP contribution in [0.2, 0.25) is 0 Å². The van der Waals surface area contributed by atoms with Gasteiger partial charge >= 0.3 is 5.97 Å². The van der Waals surface area contributed by atoms with Crippen molar-refractivity contribution in [2.24, 2.45) is 0 Å². The van der Waals surface area contributed by atoms with Gasteiger partial charge in [-0.3, -0.25) is 4.79 Å². The van der Waals surface area contributed by atoms with Crippen molar-refractivity contribution in [1.29, 1.82) is 0 Å². The van der Waals surface area contributed by atoms with E-state index in [9.17, 15) is 4.79 Å². The van der Waals surface area contributed by atoms with E-state index in [0.29, 0.717) is 0 Å². The Morgan fingerprint density at radius 1 is 1.20 bits per heavy atom. The predicted molar refractivity (Wildman–Crippen MR) is 61.2 cm³/mol. The molecule has 0 heterocycles. The largest absolute Gasteiger partial charge is 0.481 e. The van der Waals surface area contributed by atoms with Crippen LogP contribution in [0.4, 0.5) is 0 Å². The van der Waals surface area contributed by atoms with Crippen LogP contribution in [0.1, 0.15) is 44.7 Å². The van der Waals surface area contributed by atoms with E-state index in [2.05, 4.69) is 20.8 Å². The van der Waals surface area contributed by atoms with Gasteiger partial charge in [-0.2, -0.15) is 0 Å². The standard InChI is InChI=1S/C13H18O2/c1-9(12(14)15)10-5-7-11(8-6-10)13(2,3)4/h5-9H,1-4H3,(H,14,15). The fourth-order valence-corrected chi connectivity index (χ4v) is 1.41. The van der Waals surface area contributed by atoms with Gasteiger partial charge in [0.25, 0.3) is 0 Å². The number of rotatable bonds is 2. The van der Waals surface area contributed by atoms with Crippen molar-refractivity contribution in [3.05, 3.63) is 35.4 Å². The van der Waals surface area contributed by atoms with E-state index in [1.54, 1.807) is 6.92 Å². The van der Waals surface area contributed by atoms with Crippen LogP contribution in [0.15, 0.2) is 24.3 Å². The zero-order valence-corrected chi connectivity index (χ0v) is 9.74. The van der Waals surface area contributed by atoms with E-state index in [4.69, 9.17) is 5.11 Å². The van der Waals surface area contributed by atoms with Gasteiger partial charge in [0.05, 0.1) is 5.92 Å². The molecule has 0 bridgehead atoms. The zero-order valence-electron chi connectivity index (χ0n) is 9.74. The maximum absolute atomic E-state index is 10.8. The highest BCUT2D eigenvalue weighted by Crippen LogP contribution is 2.24. The van der Waals surface area contributed by atoms with Gasteiger partial charge in [-0.25, -0.2) is 0 Å². The van der Waals surface area contributed by atoms with E-state index in [1.165, 1.54) is 5.56 Å². The SMILES string of the molecule is CC(C(=O)O)c1ccc(C(C)(C)C)cc1. The Balaban J connectivity index is 2.95. The molecule has 0 aliphatic heterocycles. The number of carbonyl (C=O) groups is 1. The molecule has 0 amide bonds. The Morgan fingerprint density at radius 2 is 1.67 bits per heavy atom. The Kier molecular flexibility index (Phi) is 3.18. The summed E-state index contributed by atoms with van der Waals surface area (Å²) in [6.07, 6.45) is 0. The molecule has 15 heavy (non-hydrogen) atoms. The summed E-state index contributed by atoms with van der Waals surface area (Å²) >= 11 is 0. The molecule has 1 rings (SSSR count). The first-order valence-corrected chi connectivity index (χ1v) is 5.15. The first-order valence-electron chi connectivity index (χ1n) is 5.15. The number of carboxylic acid groups (broad SMARTS) is 1. The molecule has 0 aliphatic rings. The maximum atomic E-state index is 10.8. The predicted octanol–water partition coefficient (Wildman–Crippen LogP) is 3.17. The fourth-order valence-electron chi connectivity index (χ4n) is 1.41. The maximum Gasteiger partial charge on any atom is 0.310 e. The van der Waals surface area contributed by atoms with Gasteiger partial charge in [-0.15, -0.1) is 0 Å². The molecule has 2 heteroatoms.